The molecule has 0 aromatic rings. The monoisotopic (exact) mass is 305 g/mol. The predicted molar refractivity (Wildman–Crippen MR) is 93.5 cm³/mol. The molecule has 4 N–H and O–H groups in total. The molecule has 0 aromatic heterocycles. The molecule has 0 radical (unpaired) electrons. The van der Waals surface area contributed by atoms with Crippen molar-refractivity contribution in [2.75, 3.05) is 0 Å². The first-order valence-corrected chi connectivity index (χ1v) is 9.61. The van der Waals surface area contributed by atoms with Crippen molar-refractivity contribution >= 4 is 0 Å². The third-order valence-electron chi connectivity index (χ3n) is 6.49. The molecule has 3 saturated carbocycles. The zero-order chi connectivity index (χ0) is 15.6. The zero-order valence-electron chi connectivity index (χ0n) is 14.2. The molecule has 3 aliphatic carbocycles. The van der Waals surface area contributed by atoms with E-state index < -0.39 is 0 Å². The summed E-state index contributed by atoms with van der Waals surface area (Å²) in [4.78, 5) is 2.74. The quantitative estimate of drug-likeness (QED) is 0.618. The van der Waals surface area contributed by atoms with Gasteiger partial charge in [-0.2, -0.15) is 0 Å². The van der Waals surface area contributed by atoms with Crippen LogP contribution in [0.2, 0.25) is 0 Å². The van der Waals surface area contributed by atoms with Crippen LogP contribution in [0.25, 0.3) is 0 Å². The Labute approximate surface area is 136 Å². The Kier molecular flexibility index (Phi) is 5.26. The molecular formula is C19H35N3. The van der Waals surface area contributed by atoms with E-state index in [0.29, 0.717) is 12.1 Å². The number of allylic oxidation sites excluding steroid dienone is 1. The summed E-state index contributed by atoms with van der Waals surface area (Å²) < 4.78 is 0. The van der Waals surface area contributed by atoms with Gasteiger partial charge in [0.2, 0.25) is 0 Å². The van der Waals surface area contributed by atoms with Crippen LogP contribution in [-0.4, -0.2) is 28.7 Å². The first kappa shape index (κ1) is 16.5. The summed E-state index contributed by atoms with van der Waals surface area (Å²) in [5, 5.41) is 0. The normalized spacial score (nSPS) is 36.0. The lowest BCUT2D eigenvalue weighted by Crippen LogP contribution is -2.72. The highest BCUT2D eigenvalue weighted by atomic mass is 15.3. The van der Waals surface area contributed by atoms with E-state index >= 15 is 0 Å². The predicted octanol–water partition coefficient (Wildman–Crippen LogP) is 3.68. The van der Waals surface area contributed by atoms with E-state index in [4.69, 9.17) is 11.5 Å². The van der Waals surface area contributed by atoms with Crippen LogP contribution in [0.5, 0.6) is 0 Å². The van der Waals surface area contributed by atoms with Crippen LogP contribution in [0.15, 0.2) is 12.2 Å². The van der Waals surface area contributed by atoms with E-state index in [2.05, 4.69) is 11.5 Å². The molecule has 3 aliphatic rings. The second-order valence-electron chi connectivity index (χ2n) is 8.02. The van der Waals surface area contributed by atoms with Crippen molar-refractivity contribution in [1.29, 1.82) is 0 Å². The summed E-state index contributed by atoms with van der Waals surface area (Å²) >= 11 is 0. The lowest BCUT2D eigenvalue weighted by Gasteiger charge is -2.55. The van der Waals surface area contributed by atoms with Gasteiger partial charge in [-0.25, -0.2) is 0 Å². The molecule has 3 heteroatoms. The molecule has 3 rings (SSSR count). The van der Waals surface area contributed by atoms with E-state index in [-0.39, 0.29) is 11.7 Å². The summed E-state index contributed by atoms with van der Waals surface area (Å²) in [6.07, 6.45) is 16.3. The first-order chi connectivity index (χ1) is 10.6. The molecule has 0 aliphatic heterocycles. The van der Waals surface area contributed by atoms with Crippen LogP contribution < -0.4 is 11.5 Å². The number of hydrogen-bond donors (Lipinski definition) is 2. The maximum absolute atomic E-state index is 7.02. The molecule has 0 amide bonds. The summed E-state index contributed by atoms with van der Waals surface area (Å²) in [6, 6.07) is 1.44. The molecule has 3 nitrogen and oxygen atoms in total. The molecule has 22 heavy (non-hydrogen) atoms. The minimum Gasteiger partial charge on any atom is -0.325 e. The van der Waals surface area contributed by atoms with Crippen molar-refractivity contribution in [2.45, 2.75) is 107 Å². The fourth-order valence-electron chi connectivity index (χ4n) is 5.15. The maximum atomic E-state index is 7.02. The van der Waals surface area contributed by atoms with Crippen molar-refractivity contribution < 1.29 is 0 Å². The SMILES string of the molecule is C=C1CCC(N(C2CCCCC2)C2(N)CCCCC2N)CC1. The largest absolute Gasteiger partial charge is 0.325 e. The van der Waals surface area contributed by atoms with E-state index in [0.717, 1.165) is 12.8 Å². The smallest absolute Gasteiger partial charge is 0.0847 e. The van der Waals surface area contributed by atoms with Gasteiger partial charge in [-0.05, 0) is 51.4 Å². The topological polar surface area (TPSA) is 55.3 Å². The second-order valence-corrected chi connectivity index (χ2v) is 8.02. The van der Waals surface area contributed by atoms with E-state index in [1.807, 2.05) is 0 Å². The first-order valence-electron chi connectivity index (χ1n) is 9.61. The van der Waals surface area contributed by atoms with Gasteiger partial charge in [0.15, 0.2) is 0 Å². The number of nitrogens with zero attached hydrogens (tertiary/aromatic N) is 1. The lowest BCUT2D eigenvalue weighted by molar-refractivity contribution is -0.0507. The molecule has 0 spiro atoms. The van der Waals surface area contributed by atoms with Crippen molar-refractivity contribution in [3.63, 3.8) is 0 Å². The zero-order valence-corrected chi connectivity index (χ0v) is 14.2. The molecule has 0 heterocycles. The standard InChI is InChI=1S/C19H35N3/c1-15-10-12-17(13-11-15)22(16-7-3-2-4-8-16)19(21)14-6-5-9-18(19)20/h16-18H,1-14,20-21H2. The molecule has 126 valence electrons. The van der Waals surface area contributed by atoms with Crippen LogP contribution in [0.4, 0.5) is 0 Å². The fraction of sp³-hybridized carbons (Fsp3) is 0.895. The molecule has 2 unspecified atom stereocenters. The van der Waals surface area contributed by atoms with Gasteiger partial charge in [0.05, 0.1) is 5.66 Å². The van der Waals surface area contributed by atoms with Gasteiger partial charge in [-0.3, -0.25) is 4.90 Å². The van der Waals surface area contributed by atoms with Crippen LogP contribution in [0.3, 0.4) is 0 Å². The highest BCUT2D eigenvalue weighted by molar-refractivity contribution is 5.06. The Morgan fingerprint density at radius 1 is 0.864 bits per heavy atom. The van der Waals surface area contributed by atoms with Crippen molar-refractivity contribution in [2.24, 2.45) is 11.5 Å². The molecule has 3 fully saturated rings. The molecule has 0 aromatic carbocycles. The number of rotatable bonds is 3. The van der Waals surface area contributed by atoms with Crippen LogP contribution in [0, 0.1) is 0 Å². The van der Waals surface area contributed by atoms with Crippen molar-refractivity contribution in [3.8, 4) is 0 Å². The van der Waals surface area contributed by atoms with Crippen LogP contribution in [0.1, 0.15) is 83.5 Å². The molecule has 0 bridgehead atoms. The average molecular weight is 306 g/mol. The van der Waals surface area contributed by atoms with Gasteiger partial charge in [-0.15, -0.1) is 0 Å². The van der Waals surface area contributed by atoms with Gasteiger partial charge in [0.25, 0.3) is 0 Å². The van der Waals surface area contributed by atoms with E-state index in [1.54, 1.807) is 0 Å². The fourth-order valence-corrected chi connectivity index (χ4v) is 5.15. The highest BCUT2D eigenvalue weighted by Gasteiger charge is 2.46. The summed E-state index contributed by atoms with van der Waals surface area (Å²) in [5.74, 6) is 0. The van der Waals surface area contributed by atoms with Crippen molar-refractivity contribution in [3.05, 3.63) is 12.2 Å². The number of hydrogen-bond acceptors (Lipinski definition) is 3. The summed E-state index contributed by atoms with van der Waals surface area (Å²) in [7, 11) is 0. The van der Waals surface area contributed by atoms with Gasteiger partial charge in [0, 0.05) is 18.1 Å². The number of nitrogens with two attached hydrogens (primary N) is 2. The van der Waals surface area contributed by atoms with Crippen LogP contribution in [-0.2, 0) is 0 Å². The Hall–Kier alpha value is -0.380. The van der Waals surface area contributed by atoms with Gasteiger partial charge in [-0.1, -0.05) is 44.3 Å². The minimum absolute atomic E-state index is 0.147. The Balaban J connectivity index is 1.82. The highest BCUT2D eigenvalue weighted by Crippen LogP contribution is 2.39. The Bertz CT molecular complexity index is 378. The van der Waals surface area contributed by atoms with E-state index in [1.165, 1.54) is 76.2 Å². The Morgan fingerprint density at radius 3 is 2.09 bits per heavy atom. The maximum Gasteiger partial charge on any atom is 0.0847 e. The molecule has 2 atom stereocenters. The average Bonchev–Trinajstić information content (AvgIpc) is 2.54. The van der Waals surface area contributed by atoms with Gasteiger partial charge < -0.3 is 11.5 Å². The van der Waals surface area contributed by atoms with Gasteiger partial charge in [0.1, 0.15) is 0 Å². The second kappa shape index (κ2) is 7.02. The van der Waals surface area contributed by atoms with Gasteiger partial charge >= 0.3 is 0 Å². The summed E-state index contributed by atoms with van der Waals surface area (Å²) in [6.45, 7) is 4.19. The molecule has 0 saturated heterocycles. The third-order valence-corrected chi connectivity index (χ3v) is 6.49. The molecular weight excluding hydrogens is 270 g/mol. The summed E-state index contributed by atoms with van der Waals surface area (Å²) in [5.41, 5.74) is 14.8. The van der Waals surface area contributed by atoms with Crippen LogP contribution >= 0.6 is 0 Å². The van der Waals surface area contributed by atoms with E-state index in [9.17, 15) is 0 Å². The Morgan fingerprint density at radius 2 is 1.45 bits per heavy atom. The third kappa shape index (κ3) is 3.27. The van der Waals surface area contributed by atoms with Crippen molar-refractivity contribution in [1.82, 2.24) is 4.90 Å². The minimum atomic E-state index is -0.260. The lowest BCUT2D eigenvalue weighted by atomic mass is 9.78.